The van der Waals surface area contributed by atoms with Crippen LogP contribution < -0.4 is 10.6 Å². The number of rotatable bonds is 7. The Hall–Kier alpha value is -3.31. The Labute approximate surface area is 168 Å². The van der Waals surface area contributed by atoms with Crippen molar-refractivity contribution in [2.24, 2.45) is 0 Å². The SMILES string of the molecule is O=C(NCCc1ccccc1)/C(=C\c1ccc(Cl)cc1)NC(=O)c1ccco1. The molecule has 5 nitrogen and oxygen atoms in total. The quantitative estimate of drug-likeness (QED) is 0.593. The molecule has 3 aromatic rings. The summed E-state index contributed by atoms with van der Waals surface area (Å²) in [6.45, 7) is 0.442. The average Bonchev–Trinajstić information content (AvgIpc) is 3.25. The fraction of sp³-hybridized carbons (Fsp3) is 0.0909. The van der Waals surface area contributed by atoms with Crippen LogP contribution in [0.4, 0.5) is 0 Å². The van der Waals surface area contributed by atoms with E-state index in [-0.39, 0.29) is 17.4 Å². The van der Waals surface area contributed by atoms with E-state index in [4.69, 9.17) is 16.0 Å². The van der Waals surface area contributed by atoms with Crippen LogP contribution in [0.3, 0.4) is 0 Å². The summed E-state index contributed by atoms with van der Waals surface area (Å²) < 4.78 is 5.09. The fourth-order valence-electron chi connectivity index (χ4n) is 2.54. The molecular weight excluding hydrogens is 376 g/mol. The third-order valence-corrected chi connectivity index (χ3v) is 4.21. The lowest BCUT2D eigenvalue weighted by molar-refractivity contribution is -0.117. The first-order valence-electron chi connectivity index (χ1n) is 8.76. The van der Waals surface area contributed by atoms with Gasteiger partial charge in [0.25, 0.3) is 11.8 Å². The number of hydrogen-bond donors (Lipinski definition) is 2. The van der Waals surface area contributed by atoms with Crippen LogP contribution in [-0.2, 0) is 11.2 Å². The predicted molar refractivity (Wildman–Crippen MR) is 109 cm³/mol. The molecule has 2 aromatic carbocycles. The van der Waals surface area contributed by atoms with Gasteiger partial charge in [-0.3, -0.25) is 9.59 Å². The molecule has 0 aliphatic heterocycles. The molecule has 142 valence electrons. The Morgan fingerprint density at radius 3 is 2.39 bits per heavy atom. The normalized spacial score (nSPS) is 11.1. The van der Waals surface area contributed by atoms with E-state index in [1.54, 1.807) is 36.4 Å². The second-order valence-corrected chi connectivity index (χ2v) is 6.47. The van der Waals surface area contributed by atoms with Crippen LogP contribution >= 0.6 is 11.6 Å². The van der Waals surface area contributed by atoms with Crippen molar-refractivity contribution < 1.29 is 14.0 Å². The highest BCUT2D eigenvalue weighted by molar-refractivity contribution is 6.30. The number of carbonyl (C=O) groups is 2. The number of benzene rings is 2. The summed E-state index contributed by atoms with van der Waals surface area (Å²) in [6, 6.07) is 19.9. The van der Waals surface area contributed by atoms with E-state index < -0.39 is 5.91 Å². The Kier molecular flexibility index (Phi) is 6.65. The molecule has 0 aliphatic carbocycles. The molecule has 0 saturated heterocycles. The van der Waals surface area contributed by atoms with E-state index in [2.05, 4.69) is 10.6 Å². The van der Waals surface area contributed by atoms with Gasteiger partial charge in [-0.25, -0.2) is 0 Å². The Bertz CT molecular complexity index is 949. The lowest BCUT2D eigenvalue weighted by Crippen LogP contribution is -2.35. The third kappa shape index (κ3) is 5.59. The molecule has 2 N–H and O–H groups in total. The molecule has 1 heterocycles. The van der Waals surface area contributed by atoms with Gasteiger partial charge in [-0.2, -0.15) is 0 Å². The van der Waals surface area contributed by atoms with E-state index in [1.807, 2.05) is 30.3 Å². The van der Waals surface area contributed by atoms with Crippen LogP contribution in [-0.4, -0.2) is 18.4 Å². The zero-order valence-corrected chi connectivity index (χ0v) is 15.8. The number of hydrogen-bond acceptors (Lipinski definition) is 3. The monoisotopic (exact) mass is 394 g/mol. The van der Waals surface area contributed by atoms with Crippen molar-refractivity contribution in [2.75, 3.05) is 6.54 Å². The maximum absolute atomic E-state index is 12.7. The highest BCUT2D eigenvalue weighted by Crippen LogP contribution is 2.12. The van der Waals surface area contributed by atoms with Crippen molar-refractivity contribution in [3.05, 3.63) is 101 Å². The summed E-state index contributed by atoms with van der Waals surface area (Å²) in [7, 11) is 0. The van der Waals surface area contributed by atoms with Gasteiger partial charge in [0, 0.05) is 11.6 Å². The summed E-state index contributed by atoms with van der Waals surface area (Å²) >= 11 is 5.91. The molecule has 6 heteroatoms. The highest BCUT2D eigenvalue weighted by atomic mass is 35.5. The van der Waals surface area contributed by atoms with E-state index >= 15 is 0 Å². The Morgan fingerprint density at radius 1 is 0.964 bits per heavy atom. The van der Waals surface area contributed by atoms with Crippen molar-refractivity contribution in [3.63, 3.8) is 0 Å². The zero-order chi connectivity index (χ0) is 19.8. The van der Waals surface area contributed by atoms with Crippen LogP contribution in [0.1, 0.15) is 21.7 Å². The van der Waals surface area contributed by atoms with Gasteiger partial charge in [-0.1, -0.05) is 54.1 Å². The van der Waals surface area contributed by atoms with Crippen LogP contribution in [0, 0.1) is 0 Å². The summed E-state index contributed by atoms with van der Waals surface area (Å²) in [5.41, 5.74) is 1.97. The number of halogens is 1. The molecule has 0 radical (unpaired) electrons. The van der Waals surface area contributed by atoms with Gasteiger partial charge < -0.3 is 15.1 Å². The van der Waals surface area contributed by atoms with E-state index in [9.17, 15) is 9.59 Å². The van der Waals surface area contributed by atoms with Gasteiger partial charge in [0.05, 0.1) is 6.26 Å². The van der Waals surface area contributed by atoms with Crippen LogP contribution in [0.5, 0.6) is 0 Å². The van der Waals surface area contributed by atoms with Crippen molar-refractivity contribution >= 4 is 29.5 Å². The van der Waals surface area contributed by atoms with Crippen LogP contribution in [0.15, 0.2) is 83.1 Å². The standard InChI is InChI=1S/C22H19ClN2O3/c23-18-10-8-17(9-11-18)15-19(25-22(27)20-7-4-14-28-20)21(26)24-13-12-16-5-2-1-3-6-16/h1-11,14-15H,12-13H2,(H,24,26)(H,25,27)/b19-15+. The third-order valence-electron chi connectivity index (χ3n) is 3.96. The number of furan rings is 1. The van der Waals surface area contributed by atoms with Crippen molar-refractivity contribution in [2.45, 2.75) is 6.42 Å². The molecule has 0 bridgehead atoms. The Morgan fingerprint density at radius 2 is 1.71 bits per heavy atom. The molecule has 2 amide bonds. The van der Waals surface area contributed by atoms with E-state index in [0.717, 1.165) is 11.1 Å². The maximum Gasteiger partial charge on any atom is 0.291 e. The molecule has 0 unspecified atom stereocenters. The smallest absolute Gasteiger partial charge is 0.291 e. The van der Waals surface area contributed by atoms with E-state index in [1.165, 1.54) is 12.3 Å². The first-order valence-corrected chi connectivity index (χ1v) is 9.14. The lowest BCUT2D eigenvalue weighted by atomic mass is 10.1. The minimum Gasteiger partial charge on any atom is -0.459 e. The minimum absolute atomic E-state index is 0.122. The number of nitrogens with one attached hydrogen (secondary N) is 2. The largest absolute Gasteiger partial charge is 0.459 e. The van der Waals surface area contributed by atoms with Gasteiger partial charge in [0.2, 0.25) is 0 Å². The van der Waals surface area contributed by atoms with Crippen LogP contribution in [0.2, 0.25) is 5.02 Å². The second kappa shape index (κ2) is 9.58. The first kappa shape index (κ1) is 19.5. The zero-order valence-electron chi connectivity index (χ0n) is 15.0. The molecule has 0 aliphatic rings. The van der Waals surface area contributed by atoms with E-state index in [0.29, 0.717) is 18.0 Å². The fourth-order valence-corrected chi connectivity index (χ4v) is 2.66. The lowest BCUT2D eigenvalue weighted by Gasteiger charge is -2.10. The number of amides is 2. The summed E-state index contributed by atoms with van der Waals surface area (Å²) in [6.07, 6.45) is 3.68. The Balaban J connectivity index is 1.71. The molecule has 0 saturated carbocycles. The van der Waals surface area contributed by atoms with Crippen molar-refractivity contribution in [1.29, 1.82) is 0 Å². The molecular formula is C22H19ClN2O3. The van der Waals surface area contributed by atoms with Crippen molar-refractivity contribution in [3.8, 4) is 0 Å². The summed E-state index contributed by atoms with van der Waals surface area (Å²) in [5.74, 6) is -0.756. The predicted octanol–water partition coefficient (Wildman–Crippen LogP) is 4.06. The second-order valence-electron chi connectivity index (χ2n) is 6.03. The maximum atomic E-state index is 12.7. The topological polar surface area (TPSA) is 71.3 Å². The summed E-state index contributed by atoms with van der Waals surface area (Å²) in [5, 5.41) is 6.04. The average molecular weight is 395 g/mol. The van der Waals surface area contributed by atoms with Gasteiger partial charge >= 0.3 is 0 Å². The first-order chi connectivity index (χ1) is 13.6. The van der Waals surface area contributed by atoms with Gasteiger partial charge in [-0.05, 0) is 47.9 Å². The summed E-state index contributed by atoms with van der Waals surface area (Å²) in [4.78, 5) is 25.0. The highest BCUT2D eigenvalue weighted by Gasteiger charge is 2.16. The molecule has 0 atom stereocenters. The molecule has 28 heavy (non-hydrogen) atoms. The molecule has 1 aromatic heterocycles. The molecule has 0 fully saturated rings. The van der Waals surface area contributed by atoms with Crippen molar-refractivity contribution in [1.82, 2.24) is 10.6 Å². The van der Waals surface area contributed by atoms with Crippen LogP contribution in [0.25, 0.3) is 6.08 Å². The minimum atomic E-state index is -0.497. The molecule has 0 spiro atoms. The van der Waals surface area contributed by atoms with Gasteiger partial charge in [0.1, 0.15) is 5.70 Å². The van der Waals surface area contributed by atoms with Gasteiger partial charge in [0.15, 0.2) is 5.76 Å². The van der Waals surface area contributed by atoms with Gasteiger partial charge in [-0.15, -0.1) is 0 Å². The molecule has 3 rings (SSSR count). The number of carbonyl (C=O) groups excluding carboxylic acids is 2.